The molecule has 0 saturated heterocycles. The van der Waals surface area contributed by atoms with Crippen LogP contribution in [-0.2, 0) is 16.0 Å². The number of ether oxygens (including phenoxy) is 1. The van der Waals surface area contributed by atoms with Gasteiger partial charge in [0.2, 0.25) is 5.78 Å². The first-order chi connectivity index (χ1) is 10.6. The molecular formula is C15H10BrNO4S. The minimum atomic E-state index is -0.511. The second-order valence-corrected chi connectivity index (χ2v) is 6.95. The monoisotopic (exact) mass is 379 g/mol. The largest absolute Gasteiger partial charge is 0.457 e. The minimum Gasteiger partial charge on any atom is -0.457 e. The number of nitrogens with zero attached hydrogens (tertiary/aromatic N) is 1. The Morgan fingerprint density at radius 3 is 2.82 bits per heavy atom. The van der Waals surface area contributed by atoms with Crippen molar-refractivity contribution in [3.8, 4) is 0 Å². The predicted molar refractivity (Wildman–Crippen MR) is 85.0 cm³/mol. The minimum absolute atomic E-state index is 0.0293. The van der Waals surface area contributed by atoms with Gasteiger partial charge >= 0.3 is 5.97 Å². The van der Waals surface area contributed by atoms with Crippen LogP contribution in [-0.4, -0.2) is 23.5 Å². The molecule has 0 unspecified atom stereocenters. The molecule has 22 heavy (non-hydrogen) atoms. The van der Waals surface area contributed by atoms with Crippen molar-refractivity contribution in [2.45, 2.75) is 6.42 Å². The van der Waals surface area contributed by atoms with Crippen LogP contribution in [0.25, 0.3) is 11.0 Å². The zero-order chi connectivity index (χ0) is 15.5. The van der Waals surface area contributed by atoms with Gasteiger partial charge < -0.3 is 9.26 Å². The zero-order valence-corrected chi connectivity index (χ0v) is 13.6. The average molecular weight is 380 g/mol. The van der Waals surface area contributed by atoms with E-state index in [1.54, 1.807) is 18.2 Å². The van der Waals surface area contributed by atoms with Crippen molar-refractivity contribution < 1.29 is 18.8 Å². The Kier molecular flexibility index (Phi) is 4.35. The molecule has 0 N–H and O–H groups in total. The van der Waals surface area contributed by atoms with Crippen molar-refractivity contribution >= 4 is 50.0 Å². The third-order valence-corrected chi connectivity index (χ3v) is 4.64. The first kappa shape index (κ1) is 14.9. The van der Waals surface area contributed by atoms with Gasteiger partial charge in [0.25, 0.3) is 0 Å². The molecule has 0 atom stereocenters. The summed E-state index contributed by atoms with van der Waals surface area (Å²) in [5.41, 5.74) is 1.12. The van der Waals surface area contributed by atoms with Gasteiger partial charge in [-0.1, -0.05) is 17.3 Å². The predicted octanol–water partition coefficient (Wildman–Crippen LogP) is 3.62. The van der Waals surface area contributed by atoms with Crippen molar-refractivity contribution in [1.82, 2.24) is 5.16 Å². The van der Waals surface area contributed by atoms with Gasteiger partial charge in [0.05, 0.1) is 15.1 Å². The highest BCUT2D eigenvalue weighted by Crippen LogP contribution is 2.22. The Morgan fingerprint density at radius 1 is 1.23 bits per heavy atom. The molecule has 0 amide bonds. The van der Waals surface area contributed by atoms with Gasteiger partial charge in [-0.2, -0.15) is 0 Å². The van der Waals surface area contributed by atoms with Crippen LogP contribution in [0.3, 0.4) is 0 Å². The summed E-state index contributed by atoms with van der Waals surface area (Å²) >= 11 is 4.59. The molecule has 2 heterocycles. The summed E-state index contributed by atoms with van der Waals surface area (Å²) in [5.74, 6) is -0.739. The molecule has 5 nitrogen and oxygen atoms in total. The number of rotatable bonds is 5. The summed E-state index contributed by atoms with van der Waals surface area (Å²) in [6.45, 7) is -0.276. The van der Waals surface area contributed by atoms with Crippen molar-refractivity contribution in [1.29, 1.82) is 0 Å². The van der Waals surface area contributed by atoms with Gasteiger partial charge in [0.1, 0.15) is 5.69 Å². The summed E-state index contributed by atoms with van der Waals surface area (Å²) < 4.78 is 11.0. The topological polar surface area (TPSA) is 69.4 Å². The molecule has 2 aromatic heterocycles. The third-order valence-electron chi connectivity index (χ3n) is 2.98. The lowest BCUT2D eigenvalue weighted by atomic mass is 10.2. The van der Waals surface area contributed by atoms with Gasteiger partial charge in [-0.15, -0.1) is 11.3 Å². The summed E-state index contributed by atoms with van der Waals surface area (Å²) in [7, 11) is 0. The number of hydrogen-bond acceptors (Lipinski definition) is 6. The van der Waals surface area contributed by atoms with E-state index < -0.39 is 5.97 Å². The first-order valence-corrected chi connectivity index (χ1v) is 8.02. The molecule has 7 heteroatoms. The summed E-state index contributed by atoms with van der Waals surface area (Å²) in [6, 6.07) is 10.7. The summed E-state index contributed by atoms with van der Waals surface area (Å²) in [6.07, 6.45) is -0.0293. The third kappa shape index (κ3) is 3.26. The van der Waals surface area contributed by atoms with Gasteiger partial charge in [-0.25, -0.2) is 0 Å². The molecule has 0 radical (unpaired) electrons. The van der Waals surface area contributed by atoms with E-state index in [2.05, 4.69) is 21.1 Å². The van der Waals surface area contributed by atoms with Gasteiger partial charge in [0, 0.05) is 5.39 Å². The van der Waals surface area contributed by atoms with Crippen LogP contribution < -0.4 is 0 Å². The van der Waals surface area contributed by atoms with Crippen LogP contribution in [0.5, 0.6) is 0 Å². The Bertz CT molecular complexity index is 839. The molecule has 3 rings (SSSR count). The first-order valence-electron chi connectivity index (χ1n) is 6.41. The molecule has 0 aliphatic carbocycles. The van der Waals surface area contributed by atoms with Gasteiger partial charge in [-0.3, -0.25) is 9.59 Å². The maximum atomic E-state index is 11.9. The van der Waals surface area contributed by atoms with Crippen molar-refractivity contribution in [2.75, 3.05) is 6.61 Å². The number of thiophene rings is 1. The highest BCUT2D eigenvalue weighted by molar-refractivity contribution is 9.11. The SMILES string of the molecule is O=C(Cc1noc2ccccc12)OCC(=O)c1ccc(Br)s1. The number of esters is 1. The molecule has 0 spiro atoms. The molecule has 1 aromatic carbocycles. The fourth-order valence-corrected chi connectivity index (χ4v) is 3.25. The molecule has 0 fully saturated rings. The molecule has 0 aliphatic heterocycles. The Balaban J connectivity index is 1.60. The second-order valence-electron chi connectivity index (χ2n) is 4.49. The summed E-state index contributed by atoms with van der Waals surface area (Å²) in [5, 5.41) is 4.63. The van der Waals surface area contributed by atoms with Crippen LogP contribution in [0, 0.1) is 0 Å². The van der Waals surface area contributed by atoms with E-state index in [1.807, 2.05) is 18.2 Å². The van der Waals surface area contributed by atoms with E-state index in [1.165, 1.54) is 11.3 Å². The highest BCUT2D eigenvalue weighted by atomic mass is 79.9. The van der Waals surface area contributed by atoms with E-state index in [4.69, 9.17) is 9.26 Å². The number of benzene rings is 1. The van der Waals surface area contributed by atoms with Crippen LogP contribution in [0.15, 0.2) is 44.7 Å². The standard InChI is InChI=1S/C15H10BrNO4S/c16-14-6-5-13(22-14)11(18)8-20-15(19)7-10-9-3-1-2-4-12(9)21-17-10/h1-6H,7-8H2. The Morgan fingerprint density at radius 2 is 2.05 bits per heavy atom. The van der Waals surface area contributed by atoms with E-state index in [-0.39, 0.29) is 18.8 Å². The fourth-order valence-electron chi connectivity index (χ4n) is 1.93. The number of halogens is 1. The Labute approximate surface area is 138 Å². The number of fused-ring (bicyclic) bond motifs is 1. The van der Waals surface area contributed by atoms with Gasteiger partial charge in [-0.05, 0) is 40.2 Å². The normalized spacial score (nSPS) is 10.8. The lowest BCUT2D eigenvalue weighted by molar-refractivity contribution is -0.141. The molecule has 3 aromatic rings. The molecule has 112 valence electrons. The number of carbonyl (C=O) groups is 2. The van der Waals surface area contributed by atoms with Crippen LogP contribution >= 0.6 is 27.3 Å². The number of para-hydroxylation sites is 1. The smallest absolute Gasteiger partial charge is 0.312 e. The number of aromatic nitrogens is 1. The van der Waals surface area contributed by atoms with Crippen molar-refractivity contribution in [2.24, 2.45) is 0 Å². The Hall–Kier alpha value is -1.99. The van der Waals surface area contributed by atoms with Crippen molar-refractivity contribution in [3.63, 3.8) is 0 Å². The lowest BCUT2D eigenvalue weighted by Crippen LogP contribution is -2.15. The van der Waals surface area contributed by atoms with E-state index in [0.717, 1.165) is 9.17 Å². The number of hydrogen-bond donors (Lipinski definition) is 0. The van der Waals surface area contributed by atoms with Crippen LogP contribution in [0.1, 0.15) is 15.4 Å². The quantitative estimate of drug-likeness (QED) is 0.500. The maximum absolute atomic E-state index is 11.9. The number of carbonyl (C=O) groups excluding carboxylic acids is 2. The molecule has 0 aliphatic rings. The van der Waals surface area contributed by atoms with Crippen LogP contribution in [0.2, 0.25) is 0 Å². The number of Topliss-reactive ketones (excluding diaryl/α,β-unsaturated/α-hetero) is 1. The van der Waals surface area contributed by atoms with Gasteiger partial charge in [0.15, 0.2) is 12.2 Å². The maximum Gasteiger partial charge on any atom is 0.312 e. The zero-order valence-electron chi connectivity index (χ0n) is 11.2. The lowest BCUT2D eigenvalue weighted by Gasteiger charge is -2.01. The van der Waals surface area contributed by atoms with E-state index >= 15 is 0 Å². The van der Waals surface area contributed by atoms with Crippen molar-refractivity contribution in [3.05, 3.63) is 50.8 Å². The summed E-state index contributed by atoms with van der Waals surface area (Å²) in [4.78, 5) is 24.2. The van der Waals surface area contributed by atoms with Crippen LogP contribution in [0.4, 0.5) is 0 Å². The molecule has 0 bridgehead atoms. The molecule has 0 saturated carbocycles. The molecular weight excluding hydrogens is 370 g/mol. The van der Waals surface area contributed by atoms with E-state index in [9.17, 15) is 9.59 Å². The number of ketones is 1. The highest BCUT2D eigenvalue weighted by Gasteiger charge is 2.15. The van der Waals surface area contributed by atoms with E-state index in [0.29, 0.717) is 16.2 Å². The average Bonchev–Trinajstić information content (AvgIpc) is 3.12. The second kappa shape index (κ2) is 6.41. The fraction of sp³-hybridized carbons (Fsp3) is 0.133.